The Hall–Kier alpha value is -2.87. The van der Waals surface area contributed by atoms with E-state index in [4.69, 9.17) is 0 Å². The fraction of sp³-hybridized carbons (Fsp3) is 0.400. The maximum Gasteiger partial charge on any atom is 0.291 e. The van der Waals surface area contributed by atoms with Gasteiger partial charge in [0.15, 0.2) is 0 Å². The summed E-state index contributed by atoms with van der Waals surface area (Å²) in [5.74, 6) is 0.109. The Bertz CT molecular complexity index is 992. The average Bonchev–Trinajstić information content (AvgIpc) is 3.10. The van der Waals surface area contributed by atoms with Gasteiger partial charge >= 0.3 is 0 Å². The van der Waals surface area contributed by atoms with Crippen molar-refractivity contribution in [3.05, 3.63) is 58.9 Å². The van der Waals surface area contributed by atoms with Crippen molar-refractivity contribution >= 4 is 11.7 Å². The second-order valence-electron chi connectivity index (χ2n) is 7.34. The predicted molar refractivity (Wildman–Crippen MR) is 102 cm³/mol. The third-order valence-corrected chi connectivity index (χ3v) is 5.06. The third kappa shape index (κ3) is 4.01. The Labute approximate surface area is 162 Å². The number of amides is 1. The SMILES string of the molecule is Cc1cc(C)n2nc(C(=O)NC3CCN(Cc4ccc(F)cc4)CC3)nc2n1. The van der Waals surface area contributed by atoms with E-state index in [0.29, 0.717) is 5.78 Å². The zero-order chi connectivity index (χ0) is 19.7. The smallest absolute Gasteiger partial charge is 0.291 e. The van der Waals surface area contributed by atoms with Crippen molar-refractivity contribution in [2.45, 2.75) is 39.3 Å². The van der Waals surface area contributed by atoms with Gasteiger partial charge in [-0.3, -0.25) is 9.69 Å². The number of aromatic nitrogens is 4. The first-order valence-corrected chi connectivity index (χ1v) is 9.46. The molecule has 0 atom stereocenters. The van der Waals surface area contributed by atoms with Gasteiger partial charge in [-0.2, -0.15) is 4.98 Å². The number of hydrogen-bond donors (Lipinski definition) is 1. The molecule has 1 aromatic carbocycles. The number of fused-ring (bicyclic) bond motifs is 1. The summed E-state index contributed by atoms with van der Waals surface area (Å²) in [5, 5.41) is 7.33. The van der Waals surface area contributed by atoms with Gasteiger partial charge in [0.05, 0.1) is 0 Å². The molecule has 7 nitrogen and oxygen atoms in total. The van der Waals surface area contributed by atoms with Crippen LogP contribution in [-0.4, -0.2) is 49.5 Å². The number of benzene rings is 1. The fourth-order valence-electron chi connectivity index (χ4n) is 3.60. The number of aryl methyl sites for hydroxylation is 2. The van der Waals surface area contributed by atoms with Crippen LogP contribution in [-0.2, 0) is 6.54 Å². The molecule has 1 aliphatic rings. The average molecular weight is 382 g/mol. The van der Waals surface area contributed by atoms with Crippen LogP contribution in [0, 0.1) is 19.7 Å². The first kappa shape index (κ1) is 18.5. The van der Waals surface area contributed by atoms with E-state index in [-0.39, 0.29) is 23.6 Å². The molecule has 0 radical (unpaired) electrons. The number of nitrogens with zero attached hydrogens (tertiary/aromatic N) is 5. The first-order chi connectivity index (χ1) is 13.5. The number of carbonyl (C=O) groups excluding carboxylic acids is 1. The van der Waals surface area contributed by atoms with Crippen molar-refractivity contribution in [3.63, 3.8) is 0 Å². The van der Waals surface area contributed by atoms with E-state index in [1.807, 2.05) is 32.0 Å². The molecule has 8 heteroatoms. The monoisotopic (exact) mass is 382 g/mol. The van der Waals surface area contributed by atoms with E-state index in [9.17, 15) is 9.18 Å². The number of likely N-dealkylation sites (tertiary alicyclic amines) is 1. The van der Waals surface area contributed by atoms with Crippen LogP contribution in [0.5, 0.6) is 0 Å². The van der Waals surface area contributed by atoms with Crippen LogP contribution in [0.4, 0.5) is 4.39 Å². The molecule has 3 aromatic rings. The Morgan fingerprint density at radius 2 is 1.89 bits per heavy atom. The molecule has 0 spiro atoms. The van der Waals surface area contributed by atoms with E-state index in [1.54, 1.807) is 4.52 Å². The normalized spacial score (nSPS) is 15.8. The summed E-state index contributed by atoms with van der Waals surface area (Å²) >= 11 is 0. The minimum absolute atomic E-state index is 0.0966. The molecule has 1 saturated heterocycles. The van der Waals surface area contributed by atoms with Gasteiger partial charge in [-0.05, 0) is 50.5 Å². The van der Waals surface area contributed by atoms with Gasteiger partial charge in [0.1, 0.15) is 5.82 Å². The Balaban J connectivity index is 1.33. The van der Waals surface area contributed by atoms with Crippen molar-refractivity contribution in [2.24, 2.45) is 0 Å². The van der Waals surface area contributed by atoms with E-state index in [0.717, 1.165) is 49.4 Å². The zero-order valence-electron chi connectivity index (χ0n) is 16.0. The summed E-state index contributed by atoms with van der Waals surface area (Å²) < 4.78 is 14.6. The van der Waals surface area contributed by atoms with Gasteiger partial charge in [0, 0.05) is 37.1 Å². The Morgan fingerprint density at radius 1 is 1.18 bits per heavy atom. The van der Waals surface area contributed by atoms with E-state index in [2.05, 4.69) is 25.3 Å². The van der Waals surface area contributed by atoms with Crippen LogP contribution in [0.3, 0.4) is 0 Å². The molecule has 28 heavy (non-hydrogen) atoms. The van der Waals surface area contributed by atoms with Gasteiger partial charge in [0.2, 0.25) is 5.82 Å². The summed E-state index contributed by atoms with van der Waals surface area (Å²) in [6.45, 7) is 6.34. The van der Waals surface area contributed by atoms with Crippen molar-refractivity contribution in [2.75, 3.05) is 13.1 Å². The molecular weight excluding hydrogens is 359 g/mol. The quantitative estimate of drug-likeness (QED) is 0.749. The van der Waals surface area contributed by atoms with Gasteiger partial charge in [0.25, 0.3) is 11.7 Å². The van der Waals surface area contributed by atoms with Crippen molar-refractivity contribution < 1.29 is 9.18 Å². The lowest BCUT2D eigenvalue weighted by atomic mass is 10.0. The summed E-state index contributed by atoms with van der Waals surface area (Å²) in [5.41, 5.74) is 2.83. The maximum absolute atomic E-state index is 13.0. The number of nitrogens with one attached hydrogen (secondary N) is 1. The van der Waals surface area contributed by atoms with Crippen molar-refractivity contribution in [3.8, 4) is 0 Å². The molecular formula is C20H23FN6O. The molecule has 1 amide bonds. The van der Waals surface area contributed by atoms with Crippen LogP contribution in [0.2, 0.25) is 0 Å². The molecule has 1 aliphatic heterocycles. The second kappa shape index (κ2) is 7.63. The molecule has 0 saturated carbocycles. The Kier molecular flexibility index (Phi) is 5.04. The van der Waals surface area contributed by atoms with Gasteiger partial charge in [-0.15, -0.1) is 5.10 Å². The standard InChI is InChI=1S/C20H23FN6O/c1-13-11-14(2)27-20(22-13)24-18(25-27)19(28)23-17-7-9-26(10-8-17)12-15-3-5-16(21)6-4-15/h3-6,11,17H,7-10,12H2,1-2H3,(H,23,28). The van der Waals surface area contributed by atoms with E-state index >= 15 is 0 Å². The molecule has 3 heterocycles. The fourth-order valence-corrected chi connectivity index (χ4v) is 3.60. The van der Waals surface area contributed by atoms with Crippen LogP contribution in [0.25, 0.3) is 5.78 Å². The van der Waals surface area contributed by atoms with Crippen LogP contribution < -0.4 is 5.32 Å². The van der Waals surface area contributed by atoms with E-state index < -0.39 is 0 Å². The Morgan fingerprint density at radius 3 is 2.61 bits per heavy atom. The second-order valence-corrected chi connectivity index (χ2v) is 7.34. The van der Waals surface area contributed by atoms with Gasteiger partial charge in [-0.1, -0.05) is 12.1 Å². The highest BCUT2D eigenvalue weighted by molar-refractivity contribution is 5.91. The molecule has 0 aliphatic carbocycles. The molecule has 0 bridgehead atoms. The molecule has 4 rings (SSSR count). The van der Waals surface area contributed by atoms with Crippen molar-refractivity contribution in [1.82, 2.24) is 29.8 Å². The largest absolute Gasteiger partial charge is 0.346 e. The summed E-state index contributed by atoms with van der Waals surface area (Å²) in [7, 11) is 0. The van der Waals surface area contributed by atoms with Gasteiger partial charge < -0.3 is 5.32 Å². The van der Waals surface area contributed by atoms with E-state index in [1.165, 1.54) is 12.1 Å². The summed E-state index contributed by atoms with van der Waals surface area (Å²) in [4.78, 5) is 23.5. The lowest BCUT2D eigenvalue weighted by Gasteiger charge is -2.32. The number of carbonyl (C=O) groups is 1. The zero-order valence-corrected chi connectivity index (χ0v) is 16.0. The summed E-state index contributed by atoms with van der Waals surface area (Å²) in [6, 6.07) is 8.61. The minimum Gasteiger partial charge on any atom is -0.346 e. The number of rotatable bonds is 4. The van der Waals surface area contributed by atoms with Crippen LogP contribution in [0.1, 0.15) is 40.4 Å². The number of hydrogen-bond acceptors (Lipinski definition) is 5. The number of piperidine rings is 1. The van der Waals surface area contributed by atoms with Crippen LogP contribution in [0.15, 0.2) is 30.3 Å². The lowest BCUT2D eigenvalue weighted by Crippen LogP contribution is -2.44. The highest BCUT2D eigenvalue weighted by Gasteiger charge is 2.23. The summed E-state index contributed by atoms with van der Waals surface area (Å²) in [6.07, 6.45) is 1.72. The van der Waals surface area contributed by atoms with Gasteiger partial charge in [-0.25, -0.2) is 13.9 Å². The molecule has 2 aromatic heterocycles. The minimum atomic E-state index is -0.264. The molecule has 0 unspecified atom stereocenters. The maximum atomic E-state index is 13.0. The highest BCUT2D eigenvalue weighted by Crippen LogP contribution is 2.15. The first-order valence-electron chi connectivity index (χ1n) is 9.46. The third-order valence-electron chi connectivity index (χ3n) is 5.06. The molecule has 146 valence electrons. The highest BCUT2D eigenvalue weighted by atomic mass is 19.1. The lowest BCUT2D eigenvalue weighted by molar-refractivity contribution is 0.0898. The topological polar surface area (TPSA) is 75.4 Å². The molecule has 1 N–H and O–H groups in total. The van der Waals surface area contributed by atoms with Crippen LogP contribution >= 0.6 is 0 Å². The van der Waals surface area contributed by atoms with Crippen molar-refractivity contribution in [1.29, 1.82) is 0 Å². The molecule has 1 fully saturated rings. The predicted octanol–water partition coefficient (Wildman–Crippen LogP) is 2.27. The number of halogens is 1.